The van der Waals surface area contributed by atoms with Crippen molar-refractivity contribution in [3.63, 3.8) is 0 Å². The smallest absolute Gasteiger partial charge is 0.256 e. The van der Waals surface area contributed by atoms with Crippen LogP contribution in [0, 0.1) is 5.92 Å². The van der Waals surface area contributed by atoms with Gasteiger partial charge in [-0.05, 0) is 50.5 Å². The number of carbonyl (C=O) groups excluding carboxylic acids is 1. The van der Waals surface area contributed by atoms with E-state index < -0.39 is 5.60 Å². The number of aromatic nitrogens is 1. The molecule has 0 radical (unpaired) electrons. The number of nitrogens with zero attached hydrogens (tertiary/aromatic N) is 1. The molecule has 1 aromatic rings. The third-order valence-electron chi connectivity index (χ3n) is 4.53. The molecule has 0 saturated heterocycles. The molecule has 1 aliphatic rings. The minimum Gasteiger partial charge on any atom is -0.478 e. The van der Waals surface area contributed by atoms with Gasteiger partial charge >= 0.3 is 0 Å². The second kappa shape index (κ2) is 9.02. The molecule has 0 aliphatic heterocycles. The first-order valence-corrected chi connectivity index (χ1v) is 9.14. The van der Waals surface area contributed by atoms with Gasteiger partial charge in [0.25, 0.3) is 5.91 Å². The number of amides is 1. The number of ether oxygens (including phenoxy) is 2. The number of hydrogen-bond acceptors (Lipinski definition) is 4. The molecule has 24 heavy (non-hydrogen) atoms. The maximum atomic E-state index is 12.9. The van der Waals surface area contributed by atoms with Crippen molar-refractivity contribution in [1.29, 1.82) is 0 Å². The molecule has 0 atom stereocenters. The fraction of sp³-hybridized carbons (Fsp3) is 0.684. The first-order valence-electron chi connectivity index (χ1n) is 9.14. The zero-order chi connectivity index (χ0) is 17.4. The summed E-state index contributed by atoms with van der Waals surface area (Å²) in [6.07, 6.45) is 7.11. The van der Waals surface area contributed by atoms with Gasteiger partial charge in [0.15, 0.2) is 0 Å². The third kappa shape index (κ3) is 4.94. The van der Waals surface area contributed by atoms with Crippen LogP contribution in [0.5, 0.6) is 5.88 Å². The van der Waals surface area contributed by atoms with Crippen LogP contribution in [0.15, 0.2) is 18.3 Å². The molecule has 134 valence electrons. The number of pyridine rings is 1. The topological polar surface area (TPSA) is 60.5 Å². The summed E-state index contributed by atoms with van der Waals surface area (Å²) in [6, 6.07) is 3.61. The lowest BCUT2D eigenvalue weighted by Gasteiger charge is -2.37. The Balaban J connectivity index is 2.01. The van der Waals surface area contributed by atoms with Crippen molar-refractivity contribution in [2.24, 2.45) is 5.92 Å². The summed E-state index contributed by atoms with van der Waals surface area (Å²) in [5, 5.41) is 2.98. The van der Waals surface area contributed by atoms with Crippen LogP contribution < -0.4 is 10.1 Å². The average molecular weight is 334 g/mol. The zero-order valence-corrected chi connectivity index (χ0v) is 15.1. The predicted octanol–water partition coefficient (Wildman–Crippen LogP) is 4.18. The second-order valence-corrected chi connectivity index (χ2v) is 6.71. The minimum absolute atomic E-state index is 0.0492. The van der Waals surface area contributed by atoms with Crippen molar-refractivity contribution in [3.05, 3.63) is 18.3 Å². The highest BCUT2D eigenvalue weighted by Gasteiger charge is 2.42. The number of hydrogen-bond donors (Lipinski definition) is 1. The zero-order valence-electron chi connectivity index (χ0n) is 15.1. The maximum absolute atomic E-state index is 12.9. The van der Waals surface area contributed by atoms with Crippen LogP contribution in [0.4, 0.5) is 5.69 Å². The SMILES string of the molecule is CCCOc1ccc(NC(=O)C2(OCCC)CCC(C)CC2)cn1. The average Bonchev–Trinajstić information content (AvgIpc) is 2.61. The maximum Gasteiger partial charge on any atom is 0.256 e. The van der Waals surface area contributed by atoms with E-state index in [0.29, 0.717) is 30.7 Å². The summed E-state index contributed by atoms with van der Waals surface area (Å²) in [5.41, 5.74) is -0.0122. The highest BCUT2D eigenvalue weighted by molar-refractivity contribution is 5.97. The fourth-order valence-electron chi connectivity index (χ4n) is 2.95. The van der Waals surface area contributed by atoms with Gasteiger partial charge in [0.2, 0.25) is 5.88 Å². The molecule has 1 aliphatic carbocycles. The van der Waals surface area contributed by atoms with Crippen molar-refractivity contribution in [2.75, 3.05) is 18.5 Å². The summed E-state index contributed by atoms with van der Waals surface area (Å²) >= 11 is 0. The van der Waals surface area contributed by atoms with Crippen LogP contribution in [-0.4, -0.2) is 29.7 Å². The predicted molar refractivity (Wildman–Crippen MR) is 95.3 cm³/mol. The van der Waals surface area contributed by atoms with Gasteiger partial charge in [0, 0.05) is 12.7 Å². The Morgan fingerprint density at radius 1 is 1.25 bits per heavy atom. The lowest BCUT2D eigenvalue weighted by Crippen LogP contribution is -2.48. The number of anilines is 1. The van der Waals surface area contributed by atoms with Crippen molar-refractivity contribution < 1.29 is 14.3 Å². The molecule has 1 N–H and O–H groups in total. The Bertz CT molecular complexity index is 502. The number of nitrogens with one attached hydrogen (secondary N) is 1. The van der Waals surface area contributed by atoms with Crippen LogP contribution in [0.25, 0.3) is 0 Å². The standard InChI is InChI=1S/C19H30N2O3/c1-4-12-23-17-7-6-16(14-20-17)21-18(22)19(24-13-5-2)10-8-15(3)9-11-19/h6-7,14-15H,4-5,8-13H2,1-3H3,(H,21,22). The molecule has 0 spiro atoms. The van der Waals surface area contributed by atoms with E-state index in [1.165, 1.54) is 0 Å². The molecule has 1 saturated carbocycles. The van der Waals surface area contributed by atoms with E-state index in [1.54, 1.807) is 12.3 Å². The molecular formula is C19H30N2O3. The lowest BCUT2D eigenvalue weighted by molar-refractivity contribution is -0.147. The van der Waals surface area contributed by atoms with Crippen LogP contribution in [0.2, 0.25) is 0 Å². The van der Waals surface area contributed by atoms with Gasteiger partial charge in [0.1, 0.15) is 5.60 Å². The van der Waals surface area contributed by atoms with E-state index in [4.69, 9.17) is 9.47 Å². The summed E-state index contributed by atoms with van der Waals surface area (Å²) in [7, 11) is 0. The Labute approximate surface area is 145 Å². The van der Waals surface area contributed by atoms with Gasteiger partial charge in [-0.2, -0.15) is 0 Å². The molecule has 2 rings (SSSR count). The van der Waals surface area contributed by atoms with Crippen molar-refractivity contribution in [2.45, 2.75) is 64.9 Å². The normalized spacial score (nSPS) is 23.7. The fourth-order valence-corrected chi connectivity index (χ4v) is 2.95. The minimum atomic E-state index is -0.695. The monoisotopic (exact) mass is 334 g/mol. The Kier molecular flexibility index (Phi) is 7.03. The molecule has 1 aromatic heterocycles. The van der Waals surface area contributed by atoms with Crippen LogP contribution in [0.1, 0.15) is 59.3 Å². The highest BCUT2D eigenvalue weighted by atomic mass is 16.5. The molecular weight excluding hydrogens is 304 g/mol. The van der Waals surface area contributed by atoms with Gasteiger partial charge in [-0.3, -0.25) is 4.79 Å². The lowest BCUT2D eigenvalue weighted by atomic mass is 9.78. The van der Waals surface area contributed by atoms with E-state index in [-0.39, 0.29) is 5.91 Å². The van der Waals surface area contributed by atoms with E-state index in [1.807, 2.05) is 6.07 Å². The molecule has 0 unspecified atom stereocenters. The van der Waals surface area contributed by atoms with Gasteiger partial charge in [0.05, 0.1) is 18.5 Å². The van der Waals surface area contributed by atoms with Crippen LogP contribution >= 0.6 is 0 Å². The molecule has 5 heteroatoms. The third-order valence-corrected chi connectivity index (χ3v) is 4.53. The van der Waals surface area contributed by atoms with E-state index in [2.05, 4.69) is 31.1 Å². The first-order chi connectivity index (χ1) is 11.6. The molecule has 1 amide bonds. The van der Waals surface area contributed by atoms with Crippen molar-refractivity contribution >= 4 is 11.6 Å². The summed E-state index contributed by atoms with van der Waals surface area (Å²) in [6.45, 7) is 7.61. The van der Waals surface area contributed by atoms with Gasteiger partial charge in [-0.25, -0.2) is 4.98 Å². The molecule has 1 fully saturated rings. The first kappa shape index (κ1) is 18.7. The molecule has 0 bridgehead atoms. The van der Waals surface area contributed by atoms with Gasteiger partial charge in [-0.15, -0.1) is 0 Å². The summed E-state index contributed by atoms with van der Waals surface area (Å²) in [5.74, 6) is 1.19. The quantitative estimate of drug-likeness (QED) is 0.774. The molecule has 1 heterocycles. The van der Waals surface area contributed by atoms with Gasteiger partial charge in [-0.1, -0.05) is 20.8 Å². The molecule has 0 aromatic carbocycles. The number of carbonyl (C=O) groups is 1. The van der Waals surface area contributed by atoms with E-state index >= 15 is 0 Å². The number of rotatable bonds is 8. The Hall–Kier alpha value is -1.62. The second-order valence-electron chi connectivity index (χ2n) is 6.71. The Morgan fingerprint density at radius 2 is 1.96 bits per heavy atom. The summed E-state index contributed by atoms with van der Waals surface area (Å²) < 4.78 is 11.5. The van der Waals surface area contributed by atoms with Crippen molar-refractivity contribution in [1.82, 2.24) is 4.98 Å². The van der Waals surface area contributed by atoms with Crippen LogP contribution in [0.3, 0.4) is 0 Å². The Morgan fingerprint density at radius 3 is 2.54 bits per heavy atom. The van der Waals surface area contributed by atoms with E-state index in [0.717, 1.165) is 38.5 Å². The summed E-state index contributed by atoms with van der Waals surface area (Å²) in [4.78, 5) is 17.1. The van der Waals surface area contributed by atoms with Gasteiger partial charge < -0.3 is 14.8 Å². The largest absolute Gasteiger partial charge is 0.478 e. The highest BCUT2D eigenvalue weighted by Crippen LogP contribution is 2.36. The van der Waals surface area contributed by atoms with Crippen LogP contribution in [-0.2, 0) is 9.53 Å². The van der Waals surface area contributed by atoms with Crippen molar-refractivity contribution in [3.8, 4) is 5.88 Å². The van der Waals surface area contributed by atoms with E-state index in [9.17, 15) is 4.79 Å². The molecule has 5 nitrogen and oxygen atoms in total.